The summed E-state index contributed by atoms with van der Waals surface area (Å²) in [4.78, 5) is 0. The summed E-state index contributed by atoms with van der Waals surface area (Å²) in [6, 6.07) is 8.76. The van der Waals surface area contributed by atoms with Gasteiger partial charge in [0.2, 0.25) is 10.0 Å². The van der Waals surface area contributed by atoms with Crippen molar-refractivity contribution in [3.63, 3.8) is 0 Å². The van der Waals surface area contributed by atoms with Crippen LogP contribution in [-0.2, 0) is 15.8 Å². The Kier molecular flexibility index (Phi) is 4.23. The molecule has 1 aromatic carbocycles. The first-order valence-electron chi connectivity index (χ1n) is 6.48. The number of hydrogen-bond donors (Lipinski definition) is 0. The van der Waals surface area contributed by atoms with Crippen LogP contribution in [0.4, 0.5) is 0 Å². The summed E-state index contributed by atoms with van der Waals surface area (Å²) < 4.78 is 26.1. The van der Waals surface area contributed by atoms with E-state index in [1.807, 2.05) is 6.07 Å². The van der Waals surface area contributed by atoms with Gasteiger partial charge in [0, 0.05) is 13.1 Å². The van der Waals surface area contributed by atoms with Crippen molar-refractivity contribution in [3.05, 3.63) is 35.4 Å². The Bertz CT molecular complexity index is 564. The Labute approximate surface area is 114 Å². The molecule has 102 valence electrons. The topological polar surface area (TPSA) is 61.2 Å². The number of rotatable bonds is 3. The molecule has 1 aliphatic heterocycles. The van der Waals surface area contributed by atoms with E-state index in [0.29, 0.717) is 24.6 Å². The zero-order valence-electron chi connectivity index (χ0n) is 11.0. The number of sulfonamides is 1. The van der Waals surface area contributed by atoms with Crippen molar-refractivity contribution in [1.82, 2.24) is 4.31 Å². The molecular weight excluding hydrogens is 260 g/mol. The zero-order valence-corrected chi connectivity index (χ0v) is 11.9. The van der Waals surface area contributed by atoms with E-state index in [-0.39, 0.29) is 5.75 Å². The van der Waals surface area contributed by atoms with Gasteiger partial charge in [0.15, 0.2) is 0 Å². The molecule has 0 aromatic heterocycles. The van der Waals surface area contributed by atoms with Crippen LogP contribution in [0, 0.1) is 17.2 Å². The van der Waals surface area contributed by atoms with Gasteiger partial charge >= 0.3 is 0 Å². The minimum atomic E-state index is -3.23. The van der Waals surface area contributed by atoms with Crippen LogP contribution in [0.1, 0.15) is 30.9 Å². The molecule has 0 N–H and O–H groups in total. The molecular formula is C14H18N2O2S. The van der Waals surface area contributed by atoms with Crippen molar-refractivity contribution < 1.29 is 8.42 Å². The Morgan fingerprint density at radius 3 is 2.37 bits per heavy atom. The summed E-state index contributed by atoms with van der Waals surface area (Å²) >= 11 is 0. The highest BCUT2D eigenvalue weighted by Gasteiger charge is 2.26. The minimum Gasteiger partial charge on any atom is -0.212 e. The smallest absolute Gasteiger partial charge is 0.212 e. The lowest BCUT2D eigenvalue weighted by Crippen LogP contribution is -2.38. The molecule has 0 radical (unpaired) electrons. The van der Waals surface area contributed by atoms with Gasteiger partial charge in [-0.1, -0.05) is 19.1 Å². The average Bonchev–Trinajstić information content (AvgIpc) is 2.40. The van der Waals surface area contributed by atoms with Gasteiger partial charge in [0.05, 0.1) is 17.4 Å². The predicted molar refractivity (Wildman–Crippen MR) is 73.8 cm³/mol. The monoisotopic (exact) mass is 278 g/mol. The van der Waals surface area contributed by atoms with Gasteiger partial charge < -0.3 is 0 Å². The summed E-state index contributed by atoms with van der Waals surface area (Å²) in [5, 5.41) is 8.71. The van der Waals surface area contributed by atoms with Crippen LogP contribution in [0.25, 0.3) is 0 Å². The standard InChI is InChI=1S/C14H18N2O2S/c1-12-6-8-16(9-7-12)19(17,18)11-14-4-2-13(10-15)3-5-14/h2-5,12H,6-9,11H2,1H3. The van der Waals surface area contributed by atoms with Crippen LogP contribution >= 0.6 is 0 Å². The van der Waals surface area contributed by atoms with Gasteiger partial charge in [-0.15, -0.1) is 0 Å². The first-order chi connectivity index (χ1) is 9.01. The van der Waals surface area contributed by atoms with Crippen LogP contribution in [0.15, 0.2) is 24.3 Å². The second-order valence-electron chi connectivity index (χ2n) is 5.15. The molecule has 0 bridgehead atoms. The van der Waals surface area contributed by atoms with E-state index in [1.54, 1.807) is 28.6 Å². The Morgan fingerprint density at radius 2 is 1.84 bits per heavy atom. The van der Waals surface area contributed by atoms with Crippen molar-refractivity contribution in [2.24, 2.45) is 5.92 Å². The van der Waals surface area contributed by atoms with E-state index in [4.69, 9.17) is 5.26 Å². The molecule has 1 aromatic rings. The van der Waals surface area contributed by atoms with Crippen LogP contribution in [0.3, 0.4) is 0 Å². The highest BCUT2D eigenvalue weighted by molar-refractivity contribution is 7.88. The molecule has 19 heavy (non-hydrogen) atoms. The van der Waals surface area contributed by atoms with Crippen molar-refractivity contribution in [3.8, 4) is 6.07 Å². The Hall–Kier alpha value is -1.38. The van der Waals surface area contributed by atoms with E-state index < -0.39 is 10.0 Å². The molecule has 1 fully saturated rings. The van der Waals surface area contributed by atoms with Gasteiger partial charge in [0.1, 0.15) is 0 Å². The highest BCUT2D eigenvalue weighted by Crippen LogP contribution is 2.21. The third-order valence-corrected chi connectivity index (χ3v) is 5.42. The SMILES string of the molecule is CC1CCN(S(=O)(=O)Cc2ccc(C#N)cc2)CC1. The van der Waals surface area contributed by atoms with Crippen molar-refractivity contribution in [2.75, 3.05) is 13.1 Å². The summed E-state index contributed by atoms with van der Waals surface area (Å²) in [5.74, 6) is 0.633. The zero-order chi connectivity index (χ0) is 13.9. The molecule has 0 amide bonds. The minimum absolute atomic E-state index is 0.0209. The van der Waals surface area contributed by atoms with Crippen molar-refractivity contribution in [2.45, 2.75) is 25.5 Å². The van der Waals surface area contributed by atoms with Crippen molar-refractivity contribution in [1.29, 1.82) is 5.26 Å². The molecule has 1 saturated heterocycles. The van der Waals surface area contributed by atoms with E-state index in [1.165, 1.54) is 0 Å². The Morgan fingerprint density at radius 1 is 1.26 bits per heavy atom. The molecule has 0 aliphatic carbocycles. The summed E-state index contributed by atoms with van der Waals surface area (Å²) in [6.45, 7) is 3.41. The van der Waals surface area contributed by atoms with E-state index >= 15 is 0 Å². The Balaban J connectivity index is 2.06. The van der Waals surface area contributed by atoms with Gasteiger partial charge in [-0.25, -0.2) is 12.7 Å². The maximum atomic E-state index is 12.3. The lowest BCUT2D eigenvalue weighted by atomic mass is 10.0. The molecule has 0 atom stereocenters. The first-order valence-corrected chi connectivity index (χ1v) is 8.09. The van der Waals surface area contributed by atoms with Crippen molar-refractivity contribution >= 4 is 10.0 Å². The largest absolute Gasteiger partial charge is 0.218 e. The van der Waals surface area contributed by atoms with Crippen LogP contribution in [0.5, 0.6) is 0 Å². The van der Waals surface area contributed by atoms with Gasteiger partial charge in [-0.2, -0.15) is 5.26 Å². The molecule has 1 aliphatic rings. The normalized spacial score (nSPS) is 18.1. The quantitative estimate of drug-likeness (QED) is 0.851. The second-order valence-corrected chi connectivity index (χ2v) is 7.12. The fourth-order valence-electron chi connectivity index (χ4n) is 2.24. The fraction of sp³-hybridized carbons (Fsp3) is 0.500. The molecule has 5 heteroatoms. The number of benzene rings is 1. The lowest BCUT2D eigenvalue weighted by molar-refractivity contribution is 0.287. The van der Waals surface area contributed by atoms with E-state index in [0.717, 1.165) is 18.4 Å². The molecule has 0 saturated carbocycles. The third-order valence-electron chi connectivity index (χ3n) is 3.57. The van der Waals surface area contributed by atoms with E-state index in [2.05, 4.69) is 6.92 Å². The van der Waals surface area contributed by atoms with Crippen LogP contribution < -0.4 is 0 Å². The highest BCUT2D eigenvalue weighted by atomic mass is 32.2. The summed E-state index contributed by atoms with van der Waals surface area (Å²) in [6.07, 6.45) is 1.87. The van der Waals surface area contributed by atoms with Crippen LogP contribution in [-0.4, -0.2) is 25.8 Å². The van der Waals surface area contributed by atoms with Gasteiger partial charge in [-0.05, 0) is 36.5 Å². The van der Waals surface area contributed by atoms with E-state index in [9.17, 15) is 8.42 Å². The average molecular weight is 278 g/mol. The number of nitriles is 1. The number of nitrogens with zero attached hydrogens (tertiary/aromatic N) is 2. The number of hydrogen-bond acceptors (Lipinski definition) is 3. The predicted octanol–water partition coefficient (Wildman–Crippen LogP) is 2.12. The van der Waals surface area contributed by atoms with Gasteiger partial charge in [-0.3, -0.25) is 0 Å². The maximum Gasteiger partial charge on any atom is 0.218 e. The molecule has 0 unspecified atom stereocenters. The molecule has 1 heterocycles. The molecule has 2 rings (SSSR count). The van der Waals surface area contributed by atoms with Crippen LogP contribution in [0.2, 0.25) is 0 Å². The van der Waals surface area contributed by atoms with Gasteiger partial charge in [0.25, 0.3) is 0 Å². The fourth-order valence-corrected chi connectivity index (χ4v) is 3.80. The lowest BCUT2D eigenvalue weighted by Gasteiger charge is -2.29. The first kappa shape index (κ1) is 14.0. The third kappa shape index (κ3) is 3.55. The molecule has 4 nitrogen and oxygen atoms in total. The summed E-state index contributed by atoms with van der Waals surface area (Å²) in [5.41, 5.74) is 1.28. The second kappa shape index (κ2) is 5.72. The number of piperidine rings is 1. The molecule has 0 spiro atoms. The summed E-state index contributed by atoms with van der Waals surface area (Å²) in [7, 11) is -3.23. The maximum absolute atomic E-state index is 12.3.